The van der Waals surface area contributed by atoms with Crippen molar-refractivity contribution >= 4 is 17.0 Å². The van der Waals surface area contributed by atoms with Gasteiger partial charge >= 0.3 is 5.97 Å². The molecule has 0 amide bonds. The summed E-state index contributed by atoms with van der Waals surface area (Å²) in [5.41, 5.74) is 3.04. The molecule has 0 aliphatic heterocycles. The number of aromatic nitrogens is 3. The van der Waals surface area contributed by atoms with Crippen LogP contribution >= 0.6 is 0 Å². The molecule has 2 heterocycles. The molecule has 0 N–H and O–H groups in total. The zero-order valence-corrected chi connectivity index (χ0v) is 13.8. The number of fused-ring (bicyclic) bond motifs is 1. The van der Waals surface area contributed by atoms with Crippen molar-refractivity contribution < 1.29 is 9.53 Å². The molecular weight excluding hydrogens is 326 g/mol. The fourth-order valence-electron chi connectivity index (χ4n) is 2.68. The third-order valence-corrected chi connectivity index (χ3v) is 3.94. The van der Waals surface area contributed by atoms with Gasteiger partial charge in [-0.1, -0.05) is 48.5 Å². The average Bonchev–Trinajstić information content (AvgIpc) is 2.72. The van der Waals surface area contributed by atoms with Crippen LogP contribution < -0.4 is 0 Å². The van der Waals surface area contributed by atoms with E-state index in [-0.39, 0.29) is 5.69 Å². The third kappa shape index (κ3) is 3.28. The van der Waals surface area contributed by atoms with Crippen LogP contribution in [0.1, 0.15) is 27.8 Å². The van der Waals surface area contributed by atoms with Crippen LogP contribution in [0.25, 0.3) is 11.0 Å². The zero-order chi connectivity index (χ0) is 17.8. The lowest BCUT2D eigenvalue weighted by atomic mass is 10.1. The highest BCUT2D eigenvalue weighted by Gasteiger charge is 2.22. The molecule has 0 saturated heterocycles. The van der Waals surface area contributed by atoms with Gasteiger partial charge in [-0.2, -0.15) is 0 Å². The Kier molecular flexibility index (Phi) is 4.35. The summed E-state index contributed by atoms with van der Waals surface area (Å²) in [6.45, 7) is 0. The number of esters is 1. The zero-order valence-electron chi connectivity index (χ0n) is 13.8. The molecule has 0 bridgehead atoms. The van der Waals surface area contributed by atoms with Gasteiger partial charge in [0.25, 0.3) is 0 Å². The van der Waals surface area contributed by atoms with Gasteiger partial charge in [0, 0.05) is 6.20 Å². The van der Waals surface area contributed by atoms with E-state index in [2.05, 4.69) is 15.0 Å². The van der Waals surface area contributed by atoms with E-state index in [1.807, 2.05) is 72.8 Å². The second-order valence-electron chi connectivity index (χ2n) is 5.69. The van der Waals surface area contributed by atoms with E-state index in [0.29, 0.717) is 11.2 Å². The average molecular weight is 341 g/mol. The van der Waals surface area contributed by atoms with E-state index in [4.69, 9.17) is 4.74 Å². The summed E-state index contributed by atoms with van der Waals surface area (Å²) in [6, 6.07) is 22.4. The van der Waals surface area contributed by atoms with Crippen LogP contribution in [-0.4, -0.2) is 20.9 Å². The number of ether oxygens (including phenoxy) is 1. The number of carbonyl (C=O) groups excluding carboxylic acids is 1. The lowest BCUT2D eigenvalue weighted by Crippen LogP contribution is -2.15. The number of pyridine rings is 1. The number of carbonyl (C=O) groups is 1. The monoisotopic (exact) mass is 341 g/mol. The molecule has 0 spiro atoms. The Morgan fingerprint density at radius 1 is 0.808 bits per heavy atom. The first-order valence-electron chi connectivity index (χ1n) is 8.20. The van der Waals surface area contributed by atoms with Gasteiger partial charge in [-0.05, 0) is 29.8 Å². The SMILES string of the molecule is O=C(O[C@@H](c1ccccc1)c1ccccn1)c1cnc2ccccc2n1. The van der Waals surface area contributed by atoms with Gasteiger partial charge in [0.2, 0.25) is 0 Å². The standard InChI is InChI=1S/C21H15N3O2/c25-21(19-14-23-16-10-4-5-11-17(16)24-19)26-20(15-8-2-1-3-9-15)18-12-6-7-13-22-18/h1-14,20H/t20-/m0/s1. The molecule has 0 saturated carbocycles. The number of benzene rings is 2. The van der Waals surface area contributed by atoms with Crippen LogP contribution in [0.4, 0.5) is 0 Å². The molecule has 2 aromatic heterocycles. The molecule has 5 heteroatoms. The first kappa shape index (κ1) is 15.9. The minimum atomic E-state index is -0.613. The van der Waals surface area contributed by atoms with E-state index >= 15 is 0 Å². The van der Waals surface area contributed by atoms with E-state index in [0.717, 1.165) is 11.1 Å². The minimum Gasteiger partial charge on any atom is -0.446 e. The van der Waals surface area contributed by atoms with Crippen LogP contribution in [0.5, 0.6) is 0 Å². The Hall–Kier alpha value is -3.60. The van der Waals surface area contributed by atoms with Crippen molar-refractivity contribution in [1.29, 1.82) is 0 Å². The minimum absolute atomic E-state index is 0.167. The van der Waals surface area contributed by atoms with E-state index in [9.17, 15) is 4.79 Å². The quantitative estimate of drug-likeness (QED) is 0.526. The van der Waals surface area contributed by atoms with Crippen LogP contribution in [0.2, 0.25) is 0 Å². The number of hydrogen-bond acceptors (Lipinski definition) is 5. The summed E-state index contributed by atoms with van der Waals surface area (Å²) in [5, 5.41) is 0. The molecule has 26 heavy (non-hydrogen) atoms. The molecule has 5 nitrogen and oxygen atoms in total. The normalized spacial score (nSPS) is 11.8. The van der Waals surface area contributed by atoms with Gasteiger partial charge in [0.15, 0.2) is 11.8 Å². The Balaban J connectivity index is 1.67. The Bertz CT molecular complexity index is 997. The van der Waals surface area contributed by atoms with Crippen molar-refractivity contribution in [1.82, 2.24) is 15.0 Å². The Labute approximate surface area is 150 Å². The van der Waals surface area contributed by atoms with E-state index < -0.39 is 12.1 Å². The van der Waals surface area contributed by atoms with Crippen molar-refractivity contribution in [2.45, 2.75) is 6.10 Å². The second kappa shape index (κ2) is 7.11. The van der Waals surface area contributed by atoms with Gasteiger partial charge in [-0.3, -0.25) is 9.97 Å². The summed E-state index contributed by atoms with van der Waals surface area (Å²) in [6.07, 6.45) is 2.50. The molecule has 4 aromatic rings. The molecule has 0 radical (unpaired) electrons. The van der Waals surface area contributed by atoms with Gasteiger partial charge in [-0.25, -0.2) is 9.78 Å². The molecule has 1 atom stereocenters. The fraction of sp³-hybridized carbons (Fsp3) is 0.0476. The van der Waals surface area contributed by atoms with Crippen molar-refractivity contribution in [3.63, 3.8) is 0 Å². The molecule has 0 aliphatic carbocycles. The largest absolute Gasteiger partial charge is 0.446 e. The number of para-hydroxylation sites is 2. The molecule has 2 aromatic carbocycles. The number of rotatable bonds is 4. The smallest absolute Gasteiger partial charge is 0.359 e. The molecule has 4 rings (SSSR count). The lowest BCUT2D eigenvalue weighted by Gasteiger charge is -2.17. The summed E-state index contributed by atoms with van der Waals surface area (Å²) >= 11 is 0. The highest BCUT2D eigenvalue weighted by Crippen LogP contribution is 2.25. The van der Waals surface area contributed by atoms with Crippen molar-refractivity contribution in [2.75, 3.05) is 0 Å². The molecular formula is C21H15N3O2. The summed E-state index contributed by atoms with van der Waals surface area (Å²) in [4.78, 5) is 25.7. The van der Waals surface area contributed by atoms with Crippen molar-refractivity contribution in [2.24, 2.45) is 0 Å². The van der Waals surface area contributed by atoms with E-state index in [1.54, 1.807) is 6.20 Å². The Morgan fingerprint density at radius 2 is 1.54 bits per heavy atom. The first-order chi connectivity index (χ1) is 12.8. The van der Waals surface area contributed by atoms with Crippen molar-refractivity contribution in [3.8, 4) is 0 Å². The maximum atomic E-state index is 12.7. The van der Waals surface area contributed by atoms with Gasteiger partial charge < -0.3 is 4.74 Å². The first-order valence-corrected chi connectivity index (χ1v) is 8.20. The number of nitrogens with zero attached hydrogens (tertiary/aromatic N) is 3. The highest BCUT2D eigenvalue weighted by atomic mass is 16.5. The Morgan fingerprint density at radius 3 is 2.31 bits per heavy atom. The summed E-state index contributed by atoms with van der Waals surface area (Å²) < 4.78 is 5.75. The third-order valence-electron chi connectivity index (χ3n) is 3.94. The van der Waals surface area contributed by atoms with Gasteiger partial charge in [-0.15, -0.1) is 0 Å². The molecule has 0 aliphatic rings. The maximum Gasteiger partial charge on any atom is 0.359 e. The predicted molar refractivity (Wildman–Crippen MR) is 97.5 cm³/mol. The van der Waals surface area contributed by atoms with Crippen LogP contribution in [-0.2, 0) is 4.74 Å². The van der Waals surface area contributed by atoms with Crippen LogP contribution in [0, 0.1) is 0 Å². The van der Waals surface area contributed by atoms with Gasteiger partial charge in [0.1, 0.15) is 0 Å². The maximum absolute atomic E-state index is 12.7. The number of hydrogen-bond donors (Lipinski definition) is 0. The topological polar surface area (TPSA) is 65.0 Å². The highest BCUT2D eigenvalue weighted by molar-refractivity contribution is 5.89. The van der Waals surface area contributed by atoms with Gasteiger partial charge in [0.05, 0.1) is 22.9 Å². The molecule has 0 unspecified atom stereocenters. The predicted octanol–water partition coefficient (Wildman–Crippen LogP) is 3.97. The second-order valence-corrected chi connectivity index (χ2v) is 5.69. The van der Waals surface area contributed by atoms with Crippen LogP contribution in [0.15, 0.2) is 85.2 Å². The fourth-order valence-corrected chi connectivity index (χ4v) is 2.68. The molecule has 0 fully saturated rings. The van der Waals surface area contributed by atoms with Crippen molar-refractivity contribution in [3.05, 3.63) is 102 Å². The van der Waals surface area contributed by atoms with E-state index in [1.165, 1.54) is 6.20 Å². The van der Waals surface area contributed by atoms with Crippen LogP contribution in [0.3, 0.4) is 0 Å². The summed E-state index contributed by atoms with van der Waals surface area (Å²) in [7, 11) is 0. The lowest BCUT2D eigenvalue weighted by molar-refractivity contribution is 0.0363. The summed E-state index contributed by atoms with van der Waals surface area (Å²) in [5.74, 6) is -0.539. The molecule has 126 valence electrons.